The normalized spacial score (nSPS) is 20.1. The third kappa shape index (κ3) is 5.00. The maximum Gasteiger partial charge on any atom is 0.257 e. The van der Waals surface area contributed by atoms with Gasteiger partial charge in [-0.1, -0.05) is 11.6 Å². The van der Waals surface area contributed by atoms with Crippen molar-refractivity contribution in [2.24, 2.45) is 0 Å². The van der Waals surface area contributed by atoms with E-state index in [0.29, 0.717) is 47.6 Å². The number of nitrogens with one attached hydrogen (secondary N) is 1. The van der Waals surface area contributed by atoms with Crippen LogP contribution < -0.4 is 4.74 Å². The maximum atomic E-state index is 14.0. The summed E-state index contributed by atoms with van der Waals surface area (Å²) in [5.74, 6) is -0.591. The highest BCUT2D eigenvalue weighted by molar-refractivity contribution is 6.31. The standard InChI is InChI=1S/C23H27ClFN5O3/c1-12(31)7-29-8-16(9-29)33-20-6-15(25)4-5-17(20)23(32)30-10-18(19(26)11-30)22-27-13(2)21(24)14(3)28-22/h4-6,12,16,18,26,31H,7-11H2,1-3H3. The second-order valence-corrected chi connectivity index (χ2v) is 9.16. The van der Waals surface area contributed by atoms with Gasteiger partial charge in [-0.25, -0.2) is 14.4 Å². The Morgan fingerprint density at radius 3 is 2.61 bits per heavy atom. The number of hydrogen-bond acceptors (Lipinski definition) is 7. The summed E-state index contributed by atoms with van der Waals surface area (Å²) in [6.45, 7) is 7.40. The summed E-state index contributed by atoms with van der Waals surface area (Å²) in [5, 5.41) is 18.4. The summed E-state index contributed by atoms with van der Waals surface area (Å²) in [5.41, 5.74) is 1.86. The SMILES string of the molecule is Cc1nc(C2CN(C(=O)c3ccc(F)cc3OC3CN(CC(C)O)C3)CC2=N)nc(C)c1Cl. The fourth-order valence-corrected chi connectivity index (χ4v) is 4.31. The lowest BCUT2D eigenvalue weighted by molar-refractivity contribution is -0.00485. The molecule has 8 nitrogen and oxygen atoms in total. The molecular weight excluding hydrogens is 449 g/mol. The maximum absolute atomic E-state index is 14.0. The number of carbonyl (C=O) groups is 1. The Balaban J connectivity index is 1.49. The predicted octanol–water partition coefficient (Wildman–Crippen LogP) is 2.59. The predicted molar refractivity (Wildman–Crippen MR) is 122 cm³/mol. The zero-order chi connectivity index (χ0) is 23.9. The summed E-state index contributed by atoms with van der Waals surface area (Å²) >= 11 is 6.17. The lowest BCUT2D eigenvalue weighted by atomic mass is 10.1. The topological polar surface area (TPSA) is 103 Å². The van der Waals surface area contributed by atoms with Gasteiger partial charge in [-0.15, -0.1) is 0 Å². The van der Waals surface area contributed by atoms with Crippen LogP contribution in [0.4, 0.5) is 4.39 Å². The molecule has 176 valence electrons. The largest absolute Gasteiger partial charge is 0.487 e. The molecule has 0 spiro atoms. The van der Waals surface area contributed by atoms with E-state index >= 15 is 0 Å². The van der Waals surface area contributed by atoms with Crippen molar-refractivity contribution in [1.82, 2.24) is 19.8 Å². The molecule has 2 aliphatic heterocycles. The number of benzene rings is 1. The molecule has 1 aromatic heterocycles. The van der Waals surface area contributed by atoms with Crippen LogP contribution in [0, 0.1) is 25.1 Å². The van der Waals surface area contributed by atoms with Crippen molar-refractivity contribution in [1.29, 1.82) is 5.41 Å². The van der Waals surface area contributed by atoms with Crippen LogP contribution in [-0.2, 0) is 0 Å². The second-order valence-electron chi connectivity index (χ2n) is 8.78. The molecular formula is C23H27ClFN5O3. The summed E-state index contributed by atoms with van der Waals surface area (Å²) in [6, 6.07) is 3.87. The minimum absolute atomic E-state index is 0.135. The number of nitrogens with zero attached hydrogens (tertiary/aromatic N) is 4. The molecule has 2 N–H and O–H groups in total. The van der Waals surface area contributed by atoms with Gasteiger partial charge >= 0.3 is 0 Å². The molecule has 2 atom stereocenters. The van der Waals surface area contributed by atoms with Gasteiger partial charge < -0.3 is 20.2 Å². The molecule has 2 unspecified atom stereocenters. The van der Waals surface area contributed by atoms with Crippen molar-refractivity contribution < 1.29 is 19.0 Å². The van der Waals surface area contributed by atoms with Gasteiger partial charge in [0.2, 0.25) is 0 Å². The first kappa shape index (κ1) is 23.5. The van der Waals surface area contributed by atoms with Gasteiger partial charge in [0.05, 0.1) is 40.5 Å². The van der Waals surface area contributed by atoms with Crippen LogP contribution in [0.25, 0.3) is 0 Å². The number of β-amino-alcohol motifs (C(OH)–C–C–N with tert-alkyl or cyclic N) is 1. The van der Waals surface area contributed by atoms with E-state index in [1.807, 2.05) is 4.90 Å². The number of aryl methyl sites for hydroxylation is 2. The molecule has 1 amide bonds. The molecule has 10 heteroatoms. The van der Waals surface area contributed by atoms with E-state index in [1.165, 1.54) is 23.1 Å². The van der Waals surface area contributed by atoms with Gasteiger partial charge in [-0.05, 0) is 32.9 Å². The van der Waals surface area contributed by atoms with Crippen molar-refractivity contribution in [3.8, 4) is 5.75 Å². The number of hydrogen-bond donors (Lipinski definition) is 2. The lowest BCUT2D eigenvalue weighted by Crippen LogP contribution is -2.55. The Kier molecular flexibility index (Phi) is 6.65. The van der Waals surface area contributed by atoms with Crippen LogP contribution in [0.15, 0.2) is 18.2 Å². The average Bonchev–Trinajstić information content (AvgIpc) is 3.11. The first-order valence-electron chi connectivity index (χ1n) is 10.9. The monoisotopic (exact) mass is 475 g/mol. The smallest absolute Gasteiger partial charge is 0.257 e. The number of aromatic nitrogens is 2. The molecule has 0 bridgehead atoms. The molecule has 2 aliphatic rings. The van der Waals surface area contributed by atoms with E-state index in [0.717, 1.165) is 0 Å². The number of aliphatic hydroxyl groups excluding tert-OH is 1. The van der Waals surface area contributed by atoms with E-state index in [9.17, 15) is 14.3 Å². The highest BCUT2D eigenvalue weighted by Crippen LogP contribution is 2.30. The van der Waals surface area contributed by atoms with E-state index < -0.39 is 17.8 Å². The zero-order valence-corrected chi connectivity index (χ0v) is 19.6. The number of rotatable bonds is 6. The van der Waals surface area contributed by atoms with Crippen LogP contribution in [-0.4, -0.2) is 81.4 Å². The van der Waals surface area contributed by atoms with E-state index in [2.05, 4.69) is 9.97 Å². The van der Waals surface area contributed by atoms with Gasteiger partial charge in [0, 0.05) is 38.0 Å². The van der Waals surface area contributed by atoms with Gasteiger partial charge in [0.1, 0.15) is 23.5 Å². The van der Waals surface area contributed by atoms with Gasteiger partial charge in [-0.2, -0.15) is 0 Å². The average molecular weight is 476 g/mol. The summed E-state index contributed by atoms with van der Waals surface area (Å²) in [4.78, 5) is 25.7. The first-order chi connectivity index (χ1) is 15.6. The zero-order valence-electron chi connectivity index (χ0n) is 18.8. The van der Waals surface area contributed by atoms with E-state index in [1.54, 1.807) is 20.8 Å². The Morgan fingerprint density at radius 1 is 1.30 bits per heavy atom. The molecule has 4 rings (SSSR count). The lowest BCUT2D eigenvalue weighted by Gasteiger charge is -2.39. The molecule has 0 aliphatic carbocycles. The third-order valence-electron chi connectivity index (χ3n) is 5.90. The summed E-state index contributed by atoms with van der Waals surface area (Å²) < 4.78 is 19.9. The molecule has 2 fully saturated rings. The first-order valence-corrected chi connectivity index (χ1v) is 11.2. The fraction of sp³-hybridized carbons (Fsp3) is 0.478. The number of ether oxygens (including phenoxy) is 1. The third-order valence-corrected chi connectivity index (χ3v) is 6.44. The van der Waals surface area contributed by atoms with Crippen LogP contribution in [0.1, 0.15) is 40.4 Å². The van der Waals surface area contributed by atoms with Crippen molar-refractivity contribution in [3.63, 3.8) is 0 Å². The highest BCUT2D eigenvalue weighted by Gasteiger charge is 2.36. The fourth-order valence-electron chi connectivity index (χ4n) is 4.23. The van der Waals surface area contributed by atoms with Crippen molar-refractivity contribution >= 4 is 23.2 Å². The Bertz CT molecular complexity index is 1070. The number of aliphatic hydroxyl groups is 1. The number of carbonyl (C=O) groups excluding carboxylic acids is 1. The molecule has 1 aromatic carbocycles. The van der Waals surface area contributed by atoms with Gasteiger partial charge in [0.25, 0.3) is 5.91 Å². The number of likely N-dealkylation sites (tertiary alicyclic amines) is 2. The summed E-state index contributed by atoms with van der Waals surface area (Å²) in [6.07, 6.45) is -0.622. The Labute approximate surface area is 196 Å². The van der Waals surface area contributed by atoms with Gasteiger partial charge in [-0.3, -0.25) is 9.69 Å². The van der Waals surface area contributed by atoms with E-state index in [-0.39, 0.29) is 36.4 Å². The minimum atomic E-state index is -0.491. The van der Waals surface area contributed by atoms with Crippen LogP contribution >= 0.6 is 11.6 Å². The highest BCUT2D eigenvalue weighted by atomic mass is 35.5. The quantitative estimate of drug-likeness (QED) is 0.665. The van der Waals surface area contributed by atoms with Crippen LogP contribution in [0.3, 0.4) is 0 Å². The number of amides is 1. The Hall–Kier alpha value is -2.62. The molecule has 2 saturated heterocycles. The molecule has 33 heavy (non-hydrogen) atoms. The van der Waals surface area contributed by atoms with Crippen molar-refractivity contribution in [3.05, 3.63) is 51.8 Å². The van der Waals surface area contributed by atoms with E-state index in [4.69, 9.17) is 21.7 Å². The molecule has 2 aromatic rings. The van der Waals surface area contributed by atoms with Crippen LogP contribution in [0.5, 0.6) is 5.75 Å². The second kappa shape index (κ2) is 9.32. The molecule has 3 heterocycles. The minimum Gasteiger partial charge on any atom is -0.487 e. The van der Waals surface area contributed by atoms with Crippen molar-refractivity contribution in [2.45, 2.75) is 38.9 Å². The van der Waals surface area contributed by atoms with Gasteiger partial charge in [0.15, 0.2) is 0 Å². The molecule has 0 radical (unpaired) electrons. The number of halogens is 2. The van der Waals surface area contributed by atoms with Crippen molar-refractivity contribution in [2.75, 3.05) is 32.7 Å². The molecule has 0 saturated carbocycles. The summed E-state index contributed by atoms with van der Waals surface area (Å²) in [7, 11) is 0. The van der Waals surface area contributed by atoms with Crippen LogP contribution in [0.2, 0.25) is 5.02 Å². The Morgan fingerprint density at radius 2 is 1.97 bits per heavy atom.